The maximum absolute atomic E-state index is 2.34. The molecule has 25 heavy (non-hydrogen) atoms. The minimum absolute atomic E-state index is 0.968. The van der Waals surface area contributed by atoms with Crippen LogP contribution in [0.5, 0.6) is 0 Å². The quantitative estimate of drug-likeness (QED) is 0.499. The van der Waals surface area contributed by atoms with Gasteiger partial charge >= 0.3 is 0 Å². The van der Waals surface area contributed by atoms with E-state index in [-0.39, 0.29) is 0 Å². The lowest BCUT2D eigenvalue weighted by atomic mass is 9.87. The fourth-order valence-corrected chi connectivity index (χ4v) is 4.17. The first-order chi connectivity index (χ1) is 12.4. The zero-order valence-corrected chi connectivity index (χ0v) is 14.7. The van der Waals surface area contributed by atoms with Gasteiger partial charge in [-0.1, -0.05) is 96.7 Å². The Labute approximate surface area is 153 Å². The van der Waals surface area contributed by atoms with Gasteiger partial charge in [0.05, 0.1) is 0 Å². The number of hydrogen-bond acceptors (Lipinski definition) is 1. The van der Waals surface area contributed by atoms with E-state index in [4.69, 9.17) is 0 Å². The smallest absolute Gasteiger partial charge is 0.0119 e. The summed E-state index contributed by atoms with van der Waals surface area (Å²) >= 11 is 1.85. The summed E-state index contributed by atoms with van der Waals surface area (Å²) in [6.45, 7) is 0. The number of allylic oxidation sites excluding steroid dienone is 4. The first-order valence-electron chi connectivity index (χ1n) is 8.53. The van der Waals surface area contributed by atoms with Gasteiger partial charge in [-0.05, 0) is 40.8 Å². The van der Waals surface area contributed by atoms with Gasteiger partial charge in [-0.2, -0.15) is 0 Å². The van der Waals surface area contributed by atoms with E-state index < -0.39 is 0 Å². The molecule has 0 spiro atoms. The van der Waals surface area contributed by atoms with E-state index in [1.807, 2.05) is 11.8 Å². The fourth-order valence-electron chi connectivity index (χ4n) is 3.11. The van der Waals surface area contributed by atoms with Crippen molar-refractivity contribution in [3.05, 3.63) is 120 Å². The number of rotatable bonds is 4. The molecule has 0 aromatic heterocycles. The molecular formula is C24H19S. The van der Waals surface area contributed by atoms with Crippen molar-refractivity contribution in [3.8, 4) is 0 Å². The average molecular weight is 339 g/mol. The molecule has 1 aliphatic carbocycles. The van der Waals surface area contributed by atoms with Crippen molar-refractivity contribution in [2.24, 2.45) is 0 Å². The van der Waals surface area contributed by atoms with Crippen LogP contribution in [-0.2, 0) is 0 Å². The standard InChI is InChI=1S/C24H19S/c1-4-11-19(12-5-1)22-17-10-18-23(25-21-15-8-3-9-16-21)24(22)20-13-6-2-7-14-20/h1-9,11-18H,10H2. The van der Waals surface area contributed by atoms with Gasteiger partial charge in [-0.3, -0.25) is 0 Å². The maximum Gasteiger partial charge on any atom is 0.0119 e. The van der Waals surface area contributed by atoms with E-state index in [1.165, 1.54) is 32.1 Å². The highest BCUT2D eigenvalue weighted by molar-refractivity contribution is 8.03. The highest BCUT2D eigenvalue weighted by Gasteiger charge is 2.20. The molecule has 3 aromatic rings. The lowest BCUT2D eigenvalue weighted by molar-refractivity contribution is 1.26. The number of thioether (sulfide) groups is 1. The Morgan fingerprint density at radius 1 is 0.600 bits per heavy atom. The summed E-state index contributed by atoms with van der Waals surface area (Å²) in [5.74, 6) is 0. The largest absolute Gasteiger partial charge is 0.0936 e. The van der Waals surface area contributed by atoms with Crippen LogP contribution in [-0.4, -0.2) is 0 Å². The van der Waals surface area contributed by atoms with Crippen molar-refractivity contribution in [2.45, 2.75) is 11.3 Å². The second-order valence-corrected chi connectivity index (χ2v) is 7.06. The topological polar surface area (TPSA) is 0 Å². The molecule has 3 aromatic carbocycles. The predicted molar refractivity (Wildman–Crippen MR) is 109 cm³/mol. The molecule has 1 aliphatic rings. The second-order valence-electron chi connectivity index (χ2n) is 5.94. The van der Waals surface area contributed by atoms with Gasteiger partial charge in [0.15, 0.2) is 0 Å². The molecule has 1 radical (unpaired) electrons. The van der Waals surface area contributed by atoms with E-state index in [9.17, 15) is 0 Å². The Hall–Kier alpha value is -2.51. The fraction of sp³-hybridized carbons (Fsp3) is 0.0417. The van der Waals surface area contributed by atoms with Crippen LogP contribution in [0.25, 0.3) is 11.1 Å². The van der Waals surface area contributed by atoms with Crippen LogP contribution in [0.2, 0.25) is 0 Å². The van der Waals surface area contributed by atoms with Crippen LogP contribution < -0.4 is 0 Å². The molecule has 0 bridgehead atoms. The zero-order chi connectivity index (χ0) is 16.9. The van der Waals surface area contributed by atoms with Gasteiger partial charge in [0.2, 0.25) is 0 Å². The maximum atomic E-state index is 2.34. The summed E-state index contributed by atoms with van der Waals surface area (Å²) in [5.41, 5.74) is 5.20. The summed E-state index contributed by atoms with van der Waals surface area (Å²) in [6, 6.07) is 32.0. The molecule has 4 rings (SSSR count). The molecule has 0 heterocycles. The average Bonchev–Trinajstić information content (AvgIpc) is 2.70. The molecule has 121 valence electrons. The molecule has 0 aliphatic heterocycles. The number of hydrogen-bond donors (Lipinski definition) is 0. The van der Waals surface area contributed by atoms with E-state index in [0.29, 0.717) is 0 Å². The summed E-state index contributed by atoms with van der Waals surface area (Å²) in [7, 11) is 0. The van der Waals surface area contributed by atoms with E-state index >= 15 is 0 Å². The molecular weight excluding hydrogens is 320 g/mol. The van der Waals surface area contributed by atoms with Gasteiger partial charge in [-0.25, -0.2) is 0 Å². The first kappa shape index (κ1) is 16.0. The van der Waals surface area contributed by atoms with Crippen LogP contribution in [0.4, 0.5) is 0 Å². The minimum atomic E-state index is 0.968. The van der Waals surface area contributed by atoms with Crippen molar-refractivity contribution in [3.63, 3.8) is 0 Å². The third-order valence-electron chi connectivity index (χ3n) is 4.26. The zero-order valence-electron chi connectivity index (χ0n) is 13.9. The molecule has 0 fully saturated rings. The van der Waals surface area contributed by atoms with Crippen molar-refractivity contribution in [1.82, 2.24) is 0 Å². The Morgan fingerprint density at radius 2 is 1.16 bits per heavy atom. The molecule has 0 saturated heterocycles. The lowest BCUT2D eigenvalue weighted by Crippen LogP contribution is -2.00. The molecule has 0 nitrogen and oxygen atoms in total. The van der Waals surface area contributed by atoms with Crippen molar-refractivity contribution in [1.29, 1.82) is 0 Å². The summed E-state index contributed by atoms with van der Waals surface area (Å²) in [5, 5.41) is 0. The third kappa shape index (κ3) is 3.62. The third-order valence-corrected chi connectivity index (χ3v) is 5.36. The molecule has 0 unspecified atom stereocenters. The SMILES string of the molecule is [CH]1CC=C(c2ccccc2)C(c2ccccc2)=C1Sc1ccccc1. The van der Waals surface area contributed by atoms with Gasteiger partial charge in [0.1, 0.15) is 0 Å². The predicted octanol–water partition coefficient (Wildman–Crippen LogP) is 6.88. The van der Waals surface area contributed by atoms with Crippen LogP contribution in [0, 0.1) is 6.42 Å². The monoisotopic (exact) mass is 339 g/mol. The highest BCUT2D eigenvalue weighted by Crippen LogP contribution is 2.44. The van der Waals surface area contributed by atoms with E-state index in [0.717, 1.165) is 6.42 Å². The van der Waals surface area contributed by atoms with Crippen LogP contribution >= 0.6 is 11.8 Å². The van der Waals surface area contributed by atoms with E-state index in [2.05, 4.69) is 103 Å². The molecule has 0 N–H and O–H groups in total. The van der Waals surface area contributed by atoms with Crippen LogP contribution in [0.1, 0.15) is 17.5 Å². The van der Waals surface area contributed by atoms with Crippen molar-refractivity contribution in [2.75, 3.05) is 0 Å². The Bertz CT molecular complexity index is 891. The van der Waals surface area contributed by atoms with Crippen molar-refractivity contribution < 1.29 is 0 Å². The highest BCUT2D eigenvalue weighted by atomic mass is 32.2. The molecule has 0 saturated carbocycles. The van der Waals surface area contributed by atoms with Crippen LogP contribution in [0.15, 0.2) is 107 Å². The lowest BCUT2D eigenvalue weighted by Gasteiger charge is -2.22. The minimum Gasteiger partial charge on any atom is -0.0936 e. The van der Waals surface area contributed by atoms with Gasteiger partial charge in [-0.15, -0.1) is 0 Å². The summed E-state index contributed by atoms with van der Waals surface area (Å²) in [4.78, 5) is 2.61. The molecule has 0 amide bonds. The van der Waals surface area contributed by atoms with Gasteiger partial charge < -0.3 is 0 Å². The van der Waals surface area contributed by atoms with Crippen molar-refractivity contribution >= 4 is 22.9 Å². The van der Waals surface area contributed by atoms with E-state index in [1.54, 1.807) is 0 Å². The Balaban J connectivity index is 1.83. The molecule has 1 heteroatoms. The Morgan fingerprint density at radius 3 is 1.80 bits per heavy atom. The molecule has 0 atom stereocenters. The number of benzene rings is 3. The van der Waals surface area contributed by atoms with Gasteiger partial charge in [0, 0.05) is 16.2 Å². The summed E-state index contributed by atoms with van der Waals surface area (Å²) < 4.78 is 0. The van der Waals surface area contributed by atoms with Gasteiger partial charge in [0.25, 0.3) is 0 Å². The summed E-state index contributed by atoms with van der Waals surface area (Å²) in [6.07, 6.45) is 5.65. The van der Waals surface area contributed by atoms with Crippen LogP contribution in [0.3, 0.4) is 0 Å². The second kappa shape index (κ2) is 7.58. The Kier molecular flexibility index (Phi) is 4.85. The first-order valence-corrected chi connectivity index (χ1v) is 9.35. The normalized spacial score (nSPS) is 14.3.